The molecule has 2 aromatic rings. The Morgan fingerprint density at radius 2 is 1.82 bits per heavy atom. The molecular formula is C24H27ClF2N2O4S. The highest BCUT2D eigenvalue weighted by Gasteiger charge is 2.30. The SMILES string of the molecule is Cc1cc(Cl)c(F)c(OC2CCN(Cc3cc(F)c(C(=O)NS(C)(=O)=O)cc3C3CC3)CC2)c1. The largest absolute Gasteiger partial charge is 0.487 e. The van der Waals surface area contributed by atoms with Crippen LogP contribution in [0, 0.1) is 18.6 Å². The van der Waals surface area contributed by atoms with Gasteiger partial charge in [0, 0.05) is 19.6 Å². The van der Waals surface area contributed by atoms with Gasteiger partial charge in [-0.15, -0.1) is 0 Å². The molecule has 0 radical (unpaired) electrons. The molecule has 6 nitrogen and oxygen atoms in total. The van der Waals surface area contributed by atoms with E-state index in [0.717, 1.165) is 35.8 Å². The van der Waals surface area contributed by atoms with E-state index in [4.69, 9.17) is 16.3 Å². The standard InChI is InChI=1S/C24H27ClF2N2O4S/c1-14-9-20(25)23(27)22(10-14)33-17-5-7-29(8-6-17)13-16-11-21(26)19(12-18(16)15-3-4-15)24(30)28-34(2,31)32/h9-12,15,17H,3-8,13H2,1-2H3,(H,28,30). The van der Waals surface area contributed by atoms with Crippen molar-refractivity contribution >= 4 is 27.5 Å². The van der Waals surface area contributed by atoms with Gasteiger partial charge in [-0.05, 0) is 79.5 Å². The molecule has 1 aliphatic carbocycles. The van der Waals surface area contributed by atoms with E-state index in [2.05, 4.69) is 4.90 Å². The van der Waals surface area contributed by atoms with Crippen molar-refractivity contribution in [2.24, 2.45) is 0 Å². The smallest absolute Gasteiger partial charge is 0.267 e. The van der Waals surface area contributed by atoms with E-state index in [-0.39, 0.29) is 28.4 Å². The number of hydrogen-bond donors (Lipinski definition) is 1. The molecule has 1 amide bonds. The maximum atomic E-state index is 14.8. The van der Waals surface area contributed by atoms with Crippen LogP contribution >= 0.6 is 11.6 Å². The number of nitrogens with one attached hydrogen (secondary N) is 1. The number of rotatable bonds is 7. The number of ether oxygens (including phenoxy) is 1. The fourth-order valence-electron chi connectivity index (χ4n) is 4.32. The van der Waals surface area contributed by atoms with Crippen LogP contribution in [-0.2, 0) is 16.6 Å². The number of amides is 1. The first-order valence-electron chi connectivity index (χ1n) is 11.2. The molecule has 1 aliphatic heterocycles. The number of sulfonamides is 1. The van der Waals surface area contributed by atoms with E-state index in [1.165, 1.54) is 12.1 Å². The van der Waals surface area contributed by atoms with E-state index in [9.17, 15) is 22.0 Å². The van der Waals surface area contributed by atoms with Crippen LogP contribution in [0.5, 0.6) is 5.75 Å². The Balaban J connectivity index is 1.43. The third-order valence-electron chi connectivity index (χ3n) is 6.13. The second-order valence-corrected chi connectivity index (χ2v) is 11.3. The molecule has 1 saturated carbocycles. The van der Waals surface area contributed by atoms with Crippen LogP contribution in [0.25, 0.3) is 0 Å². The van der Waals surface area contributed by atoms with Gasteiger partial charge < -0.3 is 4.74 Å². The Hall–Kier alpha value is -2.23. The first-order valence-corrected chi connectivity index (χ1v) is 13.5. The highest BCUT2D eigenvalue weighted by Crippen LogP contribution is 2.43. The molecule has 10 heteroatoms. The number of piperidine rings is 1. The second kappa shape index (κ2) is 9.79. The van der Waals surface area contributed by atoms with Crippen LogP contribution in [-0.4, -0.2) is 44.7 Å². The summed E-state index contributed by atoms with van der Waals surface area (Å²) in [6, 6.07) is 6.03. The average Bonchev–Trinajstić information content (AvgIpc) is 3.57. The van der Waals surface area contributed by atoms with Gasteiger partial charge in [-0.1, -0.05) is 11.6 Å². The topological polar surface area (TPSA) is 75.7 Å². The molecule has 0 bridgehead atoms. The van der Waals surface area contributed by atoms with Crippen LogP contribution in [0.2, 0.25) is 5.02 Å². The van der Waals surface area contributed by atoms with Crippen LogP contribution in [0.3, 0.4) is 0 Å². The van der Waals surface area contributed by atoms with Crippen molar-refractivity contribution in [1.29, 1.82) is 0 Å². The lowest BCUT2D eigenvalue weighted by atomic mass is 9.97. The zero-order valence-corrected chi connectivity index (χ0v) is 20.6. The zero-order chi connectivity index (χ0) is 24.6. The summed E-state index contributed by atoms with van der Waals surface area (Å²) >= 11 is 5.92. The Morgan fingerprint density at radius 1 is 1.15 bits per heavy atom. The van der Waals surface area contributed by atoms with Crippen molar-refractivity contribution < 1.29 is 26.7 Å². The van der Waals surface area contributed by atoms with Crippen molar-refractivity contribution in [3.63, 3.8) is 0 Å². The molecule has 0 spiro atoms. The van der Waals surface area contributed by atoms with E-state index in [1.807, 2.05) is 11.6 Å². The van der Waals surface area contributed by atoms with Gasteiger partial charge in [-0.25, -0.2) is 21.9 Å². The Morgan fingerprint density at radius 3 is 2.44 bits per heavy atom. The Bertz CT molecular complexity index is 1210. The number of carbonyl (C=O) groups excluding carboxylic acids is 1. The number of benzene rings is 2. The summed E-state index contributed by atoms with van der Waals surface area (Å²) < 4.78 is 59.5. The van der Waals surface area contributed by atoms with Gasteiger partial charge in [0.05, 0.1) is 16.8 Å². The van der Waals surface area contributed by atoms with Crippen LogP contribution in [0.1, 0.15) is 58.6 Å². The molecule has 2 aliphatic rings. The number of nitrogens with zero attached hydrogens (tertiary/aromatic N) is 1. The lowest BCUT2D eigenvalue weighted by molar-refractivity contribution is 0.0932. The maximum absolute atomic E-state index is 14.8. The molecule has 1 heterocycles. The Kier molecular flexibility index (Phi) is 7.17. The second-order valence-electron chi connectivity index (χ2n) is 9.16. The summed E-state index contributed by atoms with van der Waals surface area (Å²) in [7, 11) is -3.79. The van der Waals surface area contributed by atoms with E-state index in [0.29, 0.717) is 32.5 Å². The van der Waals surface area contributed by atoms with Gasteiger partial charge >= 0.3 is 0 Å². The van der Waals surface area contributed by atoms with Gasteiger partial charge in [-0.2, -0.15) is 0 Å². The molecule has 2 fully saturated rings. The lowest BCUT2D eigenvalue weighted by Gasteiger charge is -2.33. The summed E-state index contributed by atoms with van der Waals surface area (Å²) in [6.07, 6.45) is 3.97. The summed E-state index contributed by atoms with van der Waals surface area (Å²) in [5, 5.41) is 0.0377. The van der Waals surface area contributed by atoms with Crippen molar-refractivity contribution in [3.05, 3.63) is 63.2 Å². The minimum atomic E-state index is -3.79. The molecule has 2 aromatic carbocycles. The number of likely N-dealkylation sites (tertiary alicyclic amines) is 1. The normalized spacial score (nSPS) is 17.6. The maximum Gasteiger partial charge on any atom is 0.267 e. The van der Waals surface area contributed by atoms with Crippen molar-refractivity contribution in [2.45, 2.75) is 51.2 Å². The van der Waals surface area contributed by atoms with Crippen molar-refractivity contribution in [3.8, 4) is 5.75 Å². The van der Waals surface area contributed by atoms with E-state index >= 15 is 0 Å². The van der Waals surface area contributed by atoms with Crippen molar-refractivity contribution in [1.82, 2.24) is 9.62 Å². The zero-order valence-electron chi connectivity index (χ0n) is 19.0. The highest BCUT2D eigenvalue weighted by atomic mass is 35.5. The number of hydrogen-bond acceptors (Lipinski definition) is 5. The number of halogens is 3. The molecular weight excluding hydrogens is 486 g/mol. The van der Waals surface area contributed by atoms with Gasteiger partial charge in [0.2, 0.25) is 10.0 Å². The van der Waals surface area contributed by atoms with E-state index in [1.54, 1.807) is 12.1 Å². The lowest BCUT2D eigenvalue weighted by Crippen LogP contribution is -2.38. The van der Waals surface area contributed by atoms with Crippen molar-refractivity contribution in [2.75, 3.05) is 19.3 Å². The van der Waals surface area contributed by atoms with E-state index < -0.39 is 27.6 Å². The summed E-state index contributed by atoms with van der Waals surface area (Å²) in [5.74, 6) is -1.86. The predicted molar refractivity (Wildman–Crippen MR) is 126 cm³/mol. The van der Waals surface area contributed by atoms with Crippen LogP contribution < -0.4 is 9.46 Å². The van der Waals surface area contributed by atoms with Crippen LogP contribution in [0.15, 0.2) is 24.3 Å². The highest BCUT2D eigenvalue weighted by molar-refractivity contribution is 7.89. The first kappa shape index (κ1) is 24.9. The monoisotopic (exact) mass is 512 g/mol. The van der Waals surface area contributed by atoms with Gasteiger partial charge in [0.25, 0.3) is 5.91 Å². The summed E-state index contributed by atoms with van der Waals surface area (Å²) in [5.41, 5.74) is 2.24. The molecule has 0 unspecified atom stereocenters. The average molecular weight is 513 g/mol. The molecule has 1 N–H and O–H groups in total. The van der Waals surface area contributed by atoms with Gasteiger partial charge in [-0.3, -0.25) is 9.69 Å². The quantitative estimate of drug-likeness (QED) is 0.589. The fraction of sp³-hybridized carbons (Fsp3) is 0.458. The fourth-order valence-corrected chi connectivity index (χ4v) is 5.04. The number of carbonyl (C=O) groups is 1. The summed E-state index contributed by atoms with van der Waals surface area (Å²) in [6.45, 7) is 3.71. The molecule has 1 saturated heterocycles. The summed E-state index contributed by atoms with van der Waals surface area (Å²) in [4.78, 5) is 14.4. The Labute approximate surface area is 203 Å². The minimum Gasteiger partial charge on any atom is -0.487 e. The first-order chi connectivity index (χ1) is 16.0. The number of aryl methyl sites for hydroxylation is 1. The molecule has 34 heavy (non-hydrogen) atoms. The van der Waals surface area contributed by atoms with Gasteiger partial charge in [0.1, 0.15) is 11.9 Å². The molecule has 184 valence electrons. The minimum absolute atomic E-state index is 0.0377. The molecule has 0 atom stereocenters. The predicted octanol–water partition coefficient (Wildman–Crippen LogP) is 4.54. The molecule has 0 aromatic heterocycles. The third-order valence-corrected chi connectivity index (χ3v) is 6.96. The van der Waals surface area contributed by atoms with Gasteiger partial charge in [0.15, 0.2) is 11.6 Å². The third kappa shape index (κ3) is 6.06. The molecule has 4 rings (SSSR count). The van der Waals surface area contributed by atoms with Crippen LogP contribution in [0.4, 0.5) is 8.78 Å².